The predicted octanol–water partition coefficient (Wildman–Crippen LogP) is 9.89. The third-order valence-electron chi connectivity index (χ3n) is 8.10. The van der Waals surface area contributed by atoms with E-state index in [1.807, 2.05) is 18.2 Å². The Kier molecular flexibility index (Phi) is 12.0. The summed E-state index contributed by atoms with van der Waals surface area (Å²) in [4.78, 5) is 13.5. The van der Waals surface area contributed by atoms with Crippen molar-refractivity contribution < 1.29 is 9.53 Å². The van der Waals surface area contributed by atoms with Gasteiger partial charge in [-0.15, -0.1) is 0 Å². The number of rotatable bonds is 18. The van der Waals surface area contributed by atoms with Crippen molar-refractivity contribution in [2.45, 2.75) is 135 Å². The second kappa shape index (κ2) is 15.2. The van der Waals surface area contributed by atoms with Crippen LogP contribution < -0.4 is 4.74 Å². The van der Waals surface area contributed by atoms with Crippen LogP contribution in [0.1, 0.15) is 139 Å². The van der Waals surface area contributed by atoms with E-state index in [0.29, 0.717) is 0 Å². The van der Waals surface area contributed by atoms with Gasteiger partial charge in [-0.25, -0.2) is 0 Å². The maximum absolute atomic E-state index is 13.5. The number of esters is 1. The lowest BCUT2D eigenvalue weighted by molar-refractivity contribution is -0.137. The lowest BCUT2D eigenvalue weighted by atomic mass is 9.71. The van der Waals surface area contributed by atoms with Gasteiger partial charge in [0.05, 0.1) is 0 Å². The van der Waals surface area contributed by atoms with E-state index in [9.17, 15) is 4.79 Å². The van der Waals surface area contributed by atoms with Crippen molar-refractivity contribution in [3.63, 3.8) is 0 Å². The maximum atomic E-state index is 13.5. The number of ether oxygens (including phenoxy) is 1. The van der Waals surface area contributed by atoms with Gasteiger partial charge in [0.1, 0.15) is 11.2 Å². The van der Waals surface area contributed by atoms with Gasteiger partial charge in [0.2, 0.25) is 0 Å². The van der Waals surface area contributed by atoms with Crippen LogP contribution in [0.5, 0.6) is 5.75 Å². The first-order valence-electron chi connectivity index (χ1n) is 15.1. The van der Waals surface area contributed by atoms with Gasteiger partial charge in [0.25, 0.3) is 0 Å². The highest BCUT2D eigenvalue weighted by Gasteiger charge is 2.49. The van der Waals surface area contributed by atoms with Crippen molar-refractivity contribution in [1.82, 2.24) is 0 Å². The quantitative estimate of drug-likeness (QED) is 0.118. The molecule has 198 valence electrons. The van der Waals surface area contributed by atoms with Gasteiger partial charge in [0, 0.05) is 5.56 Å². The molecule has 2 aromatic rings. The highest BCUT2D eigenvalue weighted by atomic mass is 16.5. The normalized spacial score (nSPS) is 16.8. The largest absolute Gasteiger partial charge is 0.425 e. The van der Waals surface area contributed by atoms with Crippen molar-refractivity contribution in [3.05, 3.63) is 64.7 Å². The Balaban J connectivity index is 1.84. The van der Waals surface area contributed by atoms with E-state index in [1.54, 1.807) is 0 Å². The Morgan fingerprint density at radius 3 is 1.89 bits per heavy atom. The zero-order valence-corrected chi connectivity index (χ0v) is 23.4. The first kappa shape index (κ1) is 28.5. The van der Waals surface area contributed by atoms with Crippen LogP contribution in [0.3, 0.4) is 0 Å². The third kappa shape index (κ3) is 7.24. The molecule has 0 fully saturated rings. The average molecular weight is 491 g/mol. The monoisotopic (exact) mass is 490 g/mol. The molecule has 0 amide bonds. The van der Waals surface area contributed by atoms with Crippen LogP contribution in [-0.2, 0) is 23.1 Å². The number of para-hydroxylation sites is 1. The maximum Gasteiger partial charge on any atom is 0.326 e. The van der Waals surface area contributed by atoms with E-state index in [-0.39, 0.29) is 5.97 Å². The number of aryl methyl sites for hydroxylation is 2. The number of fused-ring (bicyclic) bond motifs is 1. The minimum atomic E-state index is -0.666. The van der Waals surface area contributed by atoms with Crippen LogP contribution in [0.4, 0.5) is 0 Å². The molecule has 0 N–H and O–H groups in total. The number of hydrogen-bond donors (Lipinski definition) is 0. The minimum absolute atomic E-state index is 0.0914. The molecule has 0 saturated carbocycles. The lowest BCUT2D eigenvalue weighted by Gasteiger charge is -2.28. The Labute approximate surface area is 221 Å². The van der Waals surface area contributed by atoms with Crippen molar-refractivity contribution in [2.24, 2.45) is 0 Å². The first-order valence-corrected chi connectivity index (χ1v) is 15.1. The summed E-state index contributed by atoms with van der Waals surface area (Å²) in [5.74, 6) is 0.651. The molecule has 0 spiro atoms. The summed E-state index contributed by atoms with van der Waals surface area (Å²) in [5, 5.41) is 0. The third-order valence-corrected chi connectivity index (χ3v) is 8.10. The van der Waals surface area contributed by atoms with Gasteiger partial charge in [0.15, 0.2) is 0 Å². The van der Waals surface area contributed by atoms with Crippen LogP contribution in [0.2, 0.25) is 0 Å². The smallest absolute Gasteiger partial charge is 0.326 e. The summed E-state index contributed by atoms with van der Waals surface area (Å²) in [6.07, 6.45) is 21.0. The van der Waals surface area contributed by atoms with Gasteiger partial charge in [-0.1, -0.05) is 134 Å². The van der Waals surface area contributed by atoms with Gasteiger partial charge < -0.3 is 4.74 Å². The fraction of sp³-hybridized carbons (Fsp3) is 0.618. The molecule has 1 heterocycles. The fourth-order valence-electron chi connectivity index (χ4n) is 5.86. The standard InChI is InChI=1S/C34H50O2/c1-4-7-10-12-14-16-20-28-24-25-30(27-29(28)21-17-15-13-11-8-5-2)34(26-9-6-3)31-22-18-19-23-32(31)36-33(34)35/h18-19,22-25,27H,4-17,20-21,26H2,1-3H3. The summed E-state index contributed by atoms with van der Waals surface area (Å²) < 4.78 is 5.85. The molecule has 2 aromatic carbocycles. The van der Waals surface area contributed by atoms with E-state index < -0.39 is 5.41 Å². The minimum Gasteiger partial charge on any atom is -0.425 e. The first-order chi connectivity index (χ1) is 17.7. The summed E-state index contributed by atoms with van der Waals surface area (Å²) in [6, 6.07) is 15.0. The second-order valence-corrected chi connectivity index (χ2v) is 10.9. The molecule has 36 heavy (non-hydrogen) atoms. The predicted molar refractivity (Wildman–Crippen MR) is 153 cm³/mol. The molecule has 2 heteroatoms. The van der Waals surface area contributed by atoms with Crippen molar-refractivity contribution in [3.8, 4) is 5.75 Å². The molecule has 0 bridgehead atoms. The van der Waals surface area contributed by atoms with Crippen LogP contribution in [0.15, 0.2) is 42.5 Å². The lowest BCUT2D eigenvalue weighted by Crippen LogP contribution is -2.35. The Morgan fingerprint density at radius 1 is 0.639 bits per heavy atom. The van der Waals surface area contributed by atoms with Crippen LogP contribution >= 0.6 is 0 Å². The Bertz CT molecular complexity index is 931. The van der Waals surface area contributed by atoms with E-state index in [1.165, 1.54) is 88.2 Å². The van der Waals surface area contributed by atoms with Crippen LogP contribution in [0, 0.1) is 0 Å². The van der Waals surface area contributed by atoms with Crippen LogP contribution in [0.25, 0.3) is 0 Å². The summed E-state index contributed by atoms with van der Waals surface area (Å²) in [5.41, 5.74) is 4.48. The Hall–Kier alpha value is -2.09. The second-order valence-electron chi connectivity index (χ2n) is 10.9. The summed E-state index contributed by atoms with van der Waals surface area (Å²) >= 11 is 0. The highest BCUT2D eigenvalue weighted by Crippen LogP contribution is 2.48. The van der Waals surface area contributed by atoms with Crippen molar-refractivity contribution >= 4 is 5.97 Å². The van der Waals surface area contributed by atoms with E-state index in [0.717, 1.165) is 49.0 Å². The molecule has 0 aromatic heterocycles. The SMILES string of the molecule is CCCCCCCCc1ccc(C2(CCCC)C(=O)Oc3ccccc32)cc1CCCCCCCC. The van der Waals surface area contributed by atoms with E-state index in [4.69, 9.17) is 4.74 Å². The number of carbonyl (C=O) groups excluding carboxylic acids is 1. The molecule has 3 rings (SSSR count). The molecule has 1 atom stereocenters. The zero-order chi connectivity index (χ0) is 25.6. The van der Waals surface area contributed by atoms with Gasteiger partial charge in [-0.05, 0) is 54.9 Å². The van der Waals surface area contributed by atoms with E-state index in [2.05, 4.69) is 45.0 Å². The molecule has 0 radical (unpaired) electrons. The molecule has 0 aliphatic carbocycles. The molecular weight excluding hydrogens is 440 g/mol. The zero-order valence-electron chi connectivity index (χ0n) is 23.4. The molecule has 2 nitrogen and oxygen atoms in total. The molecule has 0 saturated heterocycles. The van der Waals surface area contributed by atoms with Crippen LogP contribution in [-0.4, -0.2) is 5.97 Å². The summed E-state index contributed by atoms with van der Waals surface area (Å²) in [6.45, 7) is 6.76. The average Bonchev–Trinajstić information content (AvgIpc) is 3.19. The van der Waals surface area contributed by atoms with Gasteiger partial charge >= 0.3 is 5.97 Å². The number of carbonyl (C=O) groups is 1. The fourth-order valence-corrected chi connectivity index (χ4v) is 5.86. The molecular formula is C34H50O2. The topological polar surface area (TPSA) is 26.3 Å². The number of hydrogen-bond acceptors (Lipinski definition) is 2. The molecule has 1 aliphatic rings. The van der Waals surface area contributed by atoms with E-state index >= 15 is 0 Å². The van der Waals surface area contributed by atoms with Crippen molar-refractivity contribution in [1.29, 1.82) is 0 Å². The molecule has 1 unspecified atom stereocenters. The molecule has 1 aliphatic heterocycles. The highest BCUT2D eigenvalue weighted by molar-refractivity contribution is 5.94. The summed E-state index contributed by atoms with van der Waals surface area (Å²) in [7, 11) is 0. The Morgan fingerprint density at radius 2 is 1.22 bits per heavy atom. The number of benzene rings is 2. The van der Waals surface area contributed by atoms with Gasteiger partial charge in [-0.2, -0.15) is 0 Å². The van der Waals surface area contributed by atoms with Crippen molar-refractivity contribution in [2.75, 3.05) is 0 Å². The van der Waals surface area contributed by atoms with Gasteiger partial charge in [-0.3, -0.25) is 4.79 Å². The number of unbranched alkanes of at least 4 members (excludes halogenated alkanes) is 11.